The van der Waals surface area contributed by atoms with Gasteiger partial charge in [-0.25, -0.2) is 9.37 Å². The van der Waals surface area contributed by atoms with Crippen molar-refractivity contribution in [2.24, 2.45) is 0 Å². The predicted octanol–water partition coefficient (Wildman–Crippen LogP) is 4.51. The van der Waals surface area contributed by atoms with Crippen molar-refractivity contribution >= 4 is 16.7 Å². The lowest BCUT2D eigenvalue weighted by Gasteiger charge is -2.11. The average Bonchev–Trinajstić information content (AvgIpc) is 2.84. The molecule has 0 fully saturated rings. The fourth-order valence-corrected chi connectivity index (χ4v) is 2.78. The summed E-state index contributed by atoms with van der Waals surface area (Å²) in [5.74, 6) is 0.666. The lowest BCUT2D eigenvalue weighted by atomic mass is 10.2. The quantitative estimate of drug-likeness (QED) is 0.751. The summed E-state index contributed by atoms with van der Waals surface area (Å²) in [5, 5.41) is 4.58. The highest BCUT2D eigenvalue weighted by atomic mass is 19.1. The molecule has 0 atom stereocenters. The number of anilines is 1. The van der Waals surface area contributed by atoms with Crippen molar-refractivity contribution in [1.82, 2.24) is 9.55 Å². The number of fused-ring (bicyclic) bond motifs is 1. The maximum Gasteiger partial charge on any atom is 0.150 e. The number of nitrogens with one attached hydrogen (secondary N) is 1. The molecule has 0 spiro atoms. The zero-order chi connectivity index (χ0) is 15.5. The fraction of sp³-hybridized carbons (Fsp3) is 0.278. The van der Waals surface area contributed by atoms with E-state index in [1.165, 1.54) is 23.2 Å². The Hall–Kier alpha value is -2.36. The van der Waals surface area contributed by atoms with E-state index in [2.05, 4.69) is 34.8 Å². The van der Waals surface area contributed by atoms with E-state index >= 15 is 0 Å². The molecule has 4 heteroatoms. The van der Waals surface area contributed by atoms with Crippen LogP contribution in [-0.4, -0.2) is 9.55 Å². The number of nitrogens with zero attached hydrogens (tertiary/aromatic N) is 2. The Balaban J connectivity index is 1.91. The van der Waals surface area contributed by atoms with Crippen molar-refractivity contribution in [3.8, 4) is 0 Å². The Bertz CT molecular complexity index is 775. The molecule has 3 nitrogen and oxygen atoms in total. The molecule has 0 bridgehead atoms. The van der Waals surface area contributed by atoms with Gasteiger partial charge in [-0.15, -0.1) is 0 Å². The summed E-state index contributed by atoms with van der Waals surface area (Å²) < 4.78 is 15.3. The highest BCUT2D eigenvalue weighted by molar-refractivity contribution is 5.90. The summed E-state index contributed by atoms with van der Waals surface area (Å²) in [7, 11) is 0. The smallest absolute Gasteiger partial charge is 0.150 e. The summed E-state index contributed by atoms with van der Waals surface area (Å²) in [6, 6.07) is 10.8. The molecule has 0 aliphatic rings. The van der Waals surface area contributed by atoms with Gasteiger partial charge in [-0.2, -0.15) is 0 Å². The molecule has 0 saturated heterocycles. The Morgan fingerprint density at radius 3 is 2.68 bits per heavy atom. The van der Waals surface area contributed by atoms with Crippen LogP contribution in [0.2, 0.25) is 0 Å². The molecule has 1 N–H and O–H groups in total. The van der Waals surface area contributed by atoms with Crippen LogP contribution in [-0.2, 0) is 13.1 Å². The third-order valence-corrected chi connectivity index (χ3v) is 3.84. The van der Waals surface area contributed by atoms with E-state index in [4.69, 9.17) is 0 Å². The number of aryl methyl sites for hydroxylation is 2. The third-order valence-electron chi connectivity index (χ3n) is 3.84. The van der Waals surface area contributed by atoms with Gasteiger partial charge in [0.05, 0.1) is 5.52 Å². The molecule has 2 aromatic heterocycles. The summed E-state index contributed by atoms with van der Waals surface area (Å²) in [5.41, 5.74) is 3.42. The number of benzene rings is 1. The molecular formula is C18H20FN3. The van der Waals surface area contributed by atoms with E-state index in [1.54, 1.807) is 12.1 Å². The number of aromatic nitrogens is 2. The highest BCUT2D eigenvalue weighted by Gasteiger charge is 2.10. The molecule has 3 aromatic rings. The number of hydrogen-bond donors (Lipinski definition) is 1. The molecule has 0 aliphatic carbocycles. The second-order valence-corrected chi connectivity index (χ2v) is 5.51. The molecule has 22 heavy (non-hydrogen) atoms. The maximum absolute atomic E-state index is 13.0. The van der Waals surface area contributed by atoms with E-state index in [0.717, 1.165) is 29.9 Å². The Morgan fingerprint density at radius 2 is 1.95 bits per heavy atom. The zero-order valence-corrected chi connectivity index (χ0v) is 12.9. The van der Waals surface area contributed by atoms with Gasteiger partial charge in [0.2, 0.25) is 0 Å². The van der Waals surface area contributed by atoms with Gasteiger partial charge in [-0.3, -0.25) is 0 Å². The second-order valence-electron chi connectivity index (χ2n) is 5.51. The van der Waals surface area contributed by atoms with Gasteiger partial charge < -0.3 is 9.88 Å². The Morgan fingerprint density at radius 1 is 1.18 bits per heavy atom. The molecule has 0 radical (unpaired) electrons. The molecule has 2 heterocycles. The number of halogens is 1. The van der Waals surface area contributed by atoms with Crippen LogP contribution >= 0.6 is 0 Å². The van der Waals surface area contributed by atoms with Crippen LogP contribution in [0.4, 0.5) is 10.2 Å². The van der Waals surface area contributed by atoms with Crippen molar-refractivity contribution in [3.05, 3.63) is 59.7 Å². The van der Waals surface area contributed by atoms with Gasteiger partial charge in [-0.05, 0) is 43.2 Å². The minimum atomic E-state index is -0.212. The van der Waals surface area contributed by atoms with Crippen LogP contribution in [0.5, 0.6) is 0 Å². The Labute approximate surface area is 129 Å². The first-order chi connectivity index (χ1) is 10.7. The van der Waals surface area contributed by atoms with E-state index in [9.17, 15) is 4.39 Å². The number of pyridine rings is 1. The first-order valence-electron chi connectivity index (χ1n) is 7.62. The molecule has 0 amide bonds. The van der Waals surface area contributed by atoms with Gasteiger partial charge >= 0.3 is 0 Å². The third kappa shape index (κ3) is 2.82. The standard InChI is InChI=1S/C18H20FN3/c1-3-10-22-13(2)11-15-8-9-20-18(17(15)22)21-12-14-4-6-16(19)7-5-14/h4-9,11H,3,10,12H2,1-2H3,(H,20,21). The van der Waals surface area contributed by atoms with Crippen LogP contribution in [0.3, 0.4) is 0 Å². The van der Waals surface area contributed by atoms with Crippen molar-refractivity contribution in [2.75, 3.05) is 5.32 Å². The zero-order valence-electron chi connectivity index (χ0n) is 12.9. The lowest BCUT2D eigenvalue weighted by Crippen LogP contribution is -2.06. The minimum Gasteiger partial charge on any atom is -0.364 e. The van der Waals surface area contributed by atoms with Gasteiger partial charge in [0.15, 0.2) is 5.82 Å². The van der Waals surface area contributed by atoms with Gasteiger partial charge in [0, 0.05) is 30.4 Å². The van der Waals surface area contributed by atoms with Gasteiger partial charge in [-0.1, -0.05) is 19.1 Å². The van der Waals surface area contributed by atoms with Gasteiger partial charge in [0.25, 0.3) is 0 Å². The lowest BCUT2D eigenvalue weighted by molar-refractivity contribution is 0.627. The first kappa shape index (κ1) is 14.6. The van der Waals surface area contributed by atoms with Crippen LogP contribution in [0.25, 0.3) is 10.9 Å². The molecule has 0 saturated carbocycles. The minimum absolute atomic E-state index is 0.212. The number of hydrogen-bond acceptors (Lipinski definition) is 2. The second kappa shape index (κ2) is 6.18. The molecular weight excluding hydrogens is 277 g/mol. The predicted molar refractivity (Wildman–Crippen MR) is 88.5 cm³/mol. The monoisotopic (exact) mass is 297 g/mol. The van der Waals surface area contributed by atoms with E-state index in [-0.39, 0.29) is 5.82 Å². The largest absolute Gasteiger partial charge is 0.364 e. The molecule has 0 aliphatic heterocycles. The van der Waals surface area contributed by atoms with E-state index < -0.39 is 0 Å². The van der Waals surface area contributed by atoms with Crippen molar-refractivity contribution < 1.29 is 4.39 Å². The van der Waals surface area contributed by atoms with Gasteiger partial charge in [0.1, 0.15) is 5.82 Å². The Kier molecular flexibility index (Phi) is 4.09. The van der Waals surface area contributed by atoms with Crippen molar-refractivity contribution in [2.45, 2.75) is 33.4 Å². The first-order valence-corrected chi connectivity index (χ1v) is 7.62. The average molecular weight is 297 g/mol. The summed E-state index contributed by atoms with van der Waals surface area (Å²) in [4.78, 5) is 4.49. The summed E-state index contributed by atoms with van der Waals surface area (Å²) in [6.45, 7) is 5.90. The van der Waals surface area contributed by atoms with Crippen LogP contribution in [0, 0.1) is 12.7 Å². The highest BCUT2D eigenvalue weighted by Crippen LogP contribution is 2.26. The molecule has 1 aromatic carbocycles. The summed E-state index contributed by atoms with van der Waals surface area (Å²) >= 11 is 0. The number of rotatable bonds is 5. The van der Waals surface area contributed by atoms with E-state index in [0.29, 0.717) is 6.54 Å². The van der Waals surface area contributed by atoms with E-state index in [1.807, 2.05) is 12.3 Å². The van der Waals surface area contributed by atoms with Crippen LogP contribution in [0.1, 0.15) is 24.6 Å². The van der Waals surface area contributed by atoms with Crippen LogP contribution in [0.15, 0.2) is 42.6 Å². The van der Waals surface area contributed by atoms with Crippen molar-refractivity contribution in [1.29, 1.82) is 0 Å². The molecule has 3 rings (SSSR count). The topological polar surface area (TPSA) is 29.9 Å². The van der Waals surface area contributed by atoms with Crippen LogP contribution < -0.4 is 5.32 Å². The SMILES string of the molecule is CCCn1c(C)cc2ccnc(NCc3ccc(F)cc3)c21. The molecule has 0 unspecified atom stereocenters. The van der Waals surface area contributed by atoms with Crippen molar-refractivity contribution in [3.63, 3.8) is 0 Å². The maximum atomic E-state index is 13.0. The summed E-state index contributed by atoms with van der Waals surface area (Å²) in [6.07, 6.45) is 2.90. The fourth-order valence-electron chi connectivity index (χ4n) is 2.78. The molecule has 114 valence electrons. The normalized spacial score (nSPS) is 11.0.